The van der Waals surface area contributed by atoms with Crippen LogP contribution in [0.25, 0.3) is 0 Å². The summed E-state index contributed by atoms with van der Waals surface area (Å²) in [4.78, 5) is 0. The largest absolute Gasteiger partial charge is 0.355 e. The zero-order chi connectivity index (χ0) is 13.0. The maximum Gasteiger partial charge on any atom is 0.147 e. The van der Waals surface area contributed by atoms with Crippen molar-refractivity contribution in [2.75, 3.05) is 19.9 Å². The molecular weight excluding hydrogens is 233 g/mol. The minimum Gasteiger partial charge on any atom is -0.355 e. The van der Waals surface area contributed by atoms with Gasteiger partial charge < -0.3 is 14.8 Å². The van der Waals surface area contributed by atoms with Gasteiger partial charge in [0.05, 0.1) is 12.7 Å². The average Bonchev–Trinajstić information content (AvgIpc) is 2.40. The number of hydrogen-bond donors (Lipinski definition) is 1. The Kier molecular flexibility index (Phi) is 4.69. The molecule has 100 valence electrons. The van der Waals surface area contributed by atoms with Crippen molar-refractivity contribution in [2.45, 2.75) is 32.4 Å². The summed E-state index contributed by atoms with van der Waals surface area (Å²) in [5.41, 5.74) is 1.64. The van der Waals surface area contributed by atoms with Crippen LogP contribution in [0.15, 0.2) is 18.2 Å². The predicted molar refractivity (Wildman–Crippen MR) is 67.9 cm³/mol. The molecule has 1 heterocycles. The Balaban J connectivity index is 1.86. The molecule has 3 nitrogen and oxygen atoms in total. The van der Waals surface area contributed by atoms with Crippen LogP contribution in [0.5, 0.6) is 0 Å². The van der Waals surface area contributed by atoms with Crippen LogP contribution in [-0.2, 0) is 9.47 Å². The Morgan fingerprint density at radius 2 is 2.33 bits per heavy atom. The van der Waals surface area contributed by atoms with Gasteiger partial charge in [-0.3, -0.25) is 0 Å². The molecule has 0 spiro atoms. The topological polar surface area (TPSA) is 30.5 Å². The summed E-state index contributed by atoms with van der Waals surface area (Å²) in [6.45, 7) is 5.69. The van der Waals surface area contributed by atoms with Crippen LogP contribution in [-0.4, -0.2) is 26.0 Å². The quantitative estimate of drug-likeness (QED) is 0.894. The molecule has 2 rings (SSSR count). The van der Waals surface area contributed by atoms with Gasteiger partial charge in [-0.15, -0.1) is 0 Å². The first-order valence-electron chi connectivity index (χ1n) is 6.35. The maximum atomic E-state index is 13.5. The first-order chi connectivity index (χ1) is 8.66. The number of benzene rings is 1. The van der Waals surface area contributed by atoms with Gasteiger partial charge in [-0.2, -0.15) is 0 Å². The van der Waals surface area contributed by atoms with E-state index in [4.69, 9.17) is 9.47 Å². The summed E-state index contributed by atoms with van der Waals surface area (Å²) in [5.74, 6) is -0.150. The lowest BCUT2D eigenvalue weighted by atomic mass is 10.1. The van der Waals surface area contributed by atoms with Crippen LogP contribution >= 0.6 is 0 Å². The fourth-order valence-corrected chi connectivity index (χ4v) is 1.97. The van der Waals surface area contributed by atoms with Gasteiger partial charge in [0.25, 0.3) is 0 Å². The molecule has 0 saturated carbocycles. The highest BCUT2D eigenvalue weighted by Gasteiger charge is 2.15. The molecule has 0 radical (unpaired) electrons. The summed E-state index contributed by atoms with van der Waals surface area (Å²) >= 11 is 0. The Hall–Kier alpha value is -0.970. The van der Waals surface area contributed by atoms with Gasteiger partial charge in [0.15, 0.2) is 0 Å². The second-order valence-corrected chi connectivity index (χ2v) is 4.74. The molecule has 1 aliphatic rings. The molecule has 1 saturated heterocycles. The fourth-order valence-electron chi connectivity index (χ4n) is 1.97. The molecule has 0 aromatic heterocycles. The molecule has 1 aromatic rings. The van der Waals surface area contributed by atoms with Gasteiger partial charge in [-0.25, -0.2) is 4.39 Å². The van der Waals surface area contributed by atoms with E-state index in [1.807, 2.05) is 19.1 Å². The van der Waals surface area contributed by atoms with Crippen LogP contribution < -0.4 is 5.32 Å². The molecular formula is C14H20FNO2. The first-order valence-corrected chi connectivity index (χ1v) is 6.35. The van der Waals surface area contributed by atoms with Crippen molar-refractivity contribution in [3.63, 3.8) is 0 Å². The first kappa shape index (κ1) is 13.5. The van der Waals surface area contributed by atoms with Gasteiger partial charge in [0.2, 0.25) is 0 Å². The highest BCUT2D eigenvalue weighted by Crippen LogP contribution is 2.16. The highest BCUT2D eigenvalue weighted by atomic mass is 19.1. The number of rotatable bonds is 4. The third kappa shape index (κ3) is 3.51. The second kappa shape index (κ2) is 6.27. The number of aryl methyl sites for hydroxylation is 1. The van der Waals surface area contributed by atoms with E-state index in [0.717, 1.165) is 25.1 Å². The monoisotopic (exact) mass is 253 g/mol. The van der Waals surface area contributed by atoms with Crippen LogP contribution in [0.1, 0.15) is 30.5 Å². The third-order valence-electron chi connectivity index (χ3n) is 3.32. The standard InChI is InChI=1S/C14H20FNO2/c1-10-3-4-12(7-14(10)15)11(2)16-8-13-5-6-17-9-18-13/h3-4,7,11,13,16H,5-6,8-9H2,1-2H3. The van der Waals surface area contributed by atoms with Crippen molar-refractivity contribution >= 4 is 0 Å². The van der Waals surface area contributed by atoms with E-state index in [1.54, 1.807) is 13.0 Å². The molecule has 0 amide bonds. The Labute approximate surface area is 107 Å². The predicted octanol–water partition coefficient (Wildman–Crippen LogP) is 2.55. The second-order valence-electron chi connectivity index (χ2n) is 4.74. The van der Waals surface area contributed by atoms with E-state index in [1.165, 1.54) is 0 Å². The summed E-state index contributed by atoms with van der Waals surface area (Å²) < 4.78 is 24.0. The molecule has 1 N–H and O–H groups in total. The molecule has 4 heteroatoms. The van der Waals surface area contributed by atoms with Gasteiger partial charge in [0.1, 0.15) is 12.6 Å². The lowest BCUT2D eigenvalue weighted by molar-refractivity contribution is -0.137. The molecule has 1 fully saturated rings. The van der Waals surface area contributed by atoms with E-state index in [0.29, 0.717) is 12.4 Å². The van der Waals surface area contributed by atoms with E-state index in [-0.39, 0.29) is 18.0 Å². The fraction of sp³-hybridized carbons (Fsp3) is 0.571. The molecule has 2 atom stereocenters. The molecule has 1 aromatic carbocycles. The smallest absolute Gasteiger partial charge is 0.147 e. The van der Waals surface area contributed by atoms with Crippen molar-refractivity contribution in [1.82, 2.24) is 5.32 Å². The Morgan fingerprint density at radius 1 is 1.50 bits per heavy atom. The van der Waals surface area contributed by atoms with E-state index in [2.05, 4.69) is 5.32 Å². The summed E-state index contributed by atoms with van der Waals surface area (Å²) in [7, 11) is 0. The lowest BCUT2D eigenvalue weighted by Crippen LogP contribution is -2.35. The van der Waals surface area contributed by atoms with Crippen molar-refractivity contribution < 1.29 is 13.9 Å². The van der Waals surface area contributed by atoms with Crippen LogP contribution in [0.2, 0.25) is 0 Å². The van der Waals surface area contributed by atoms with Gasteiger partial charge in [-0.05, 0) is 37.5 Å². The minimum atomic E-state index is -0.150. The molecule has 0 bridgehead atoms. The van der Waals surface area contributed by atoms with Gasteiger partial charge in [0, 0.05) is 12.6 Å². The van der Waals surface area contributed by atoms with E-state index in [9.17, 15) is 4.39 Å². The van der Waals surface area contributed by atoms with E-state index < -0.39 is 0 Å². The number of hydrogen-bond acceptors (Lipinski definition) is 3. The summed E-state index contributed by atoms with van der Waals surface area (Å²) in [6, 6.07) is 5.48. The zero-order valence-corrected chi connectivity index (χ0v) is 10.9. The zero-order valence-electron chi connectivity index (χ0n) is 10.9. The number of nitrogens with one attached hydrogen (secondary N) is 1. The Morgan fingerprint density at radius 3 is 3.00 bits per heavy atom. The lowest BCUT2D eigenvalue weighted by Gasteiger charge is -2.25. The average molecular weight is 253 g/mol. The minimum absolute atomic E-state index is 0.117. The van der Waals surface area contributed by atoms with Gasteiger partial charge >= 0.3 is 0 Å². The molecule has 2 unspecified atom stereocenters. The van der Waals surface area contributed by atoms with Crippen molar-refractivity contribution in [3.8, 4) is 0 Å². The molecule has 18 heavy (non-hydrogen) atoms. The normalized spacial score (nSPS) is 21.8. The summed E-state index contributed by atoms with van der Waals surface area (Å²) in [5, 5.41) is 3.37. The van der Waals surface area contributed by atoms with Gasteiger partial charge in [-0.1, -0.05) is 12.1 Å². The molecule has 0 aliphatic carbocycles. The van der Waals surface area contributed by atoms with Crippen LogP contribution in [0, 0.1) is 12.7 Å². The number of halogens is 1. The molecule has 1 aliphatic heterocycles. The van der Waals surface area contributed by atoms with Crippen LogP contribution in [0.4, 0.5) is 4.39 Å². The van der Waals surface area contributed by atoms with E-state index >= 15 is 0 Å². The van der Waals surface area contributed by atoms with Crippen LogP contribution in [0.3, 0.4) is 0 Å². The highest BCUT2D eigenvalue weighted by molar-refractivity contribution is 5.25. The number of ether oxygens (including phenoxy) is 2. The SMILES string of the molecule is Cc1ccc(C(C)NCC2CCOCO2)cc1F. The summed E-state index contributed by atoms with van der Waals surface area (Å²) in [6.07, 6.45) is 1.10. The van der Waals surface area contributed by atoms with Crippen molar-refractivity contribution in [3.05, 3.63) is 35.1 Å². The van der Waals surface area contributed by atoms with Crippen molar-refractivity contribution in [1.29, 1.82) is 0 Å². The van der Waals surface area contributed by atoms with Crippen molar-refractivity contribution in [2.24, 2.45) is 0 Å². The third-order valence-corrected chi connectivity index (χ3v) is 3.32. The maximum absolute atomic E-state index is 13.5. The Bertz CT molecular complexity index is 391.